The molecule has 9 nitrogen and oxygen atoms in total. The number of amides is 4. The van der Waals surface area contributed by atoms with Crippen LogP contribution >= 0.6 is 11.8 Å². The molecule has 0 saturated carbocycles. The molecule has 2 N–H and O–H groups in total. The van der Waals surface area contributed by atoms with Gasteiger partial charge in [0.1, 0.15) is 6.54 Å². The van der Waals surface area contributed by atoms with Crippen molar-refractivity contribution in [2.45, 2.75) is 6.92 Å². The van der Waals surface area contributed by atoms with Gasteiger partial charge in [0, 0.05) is 25.7 Å². The van der Waals surface area contributed by atoms with Crippen molar-refractivity contribution in [2.75, 3.05) is 48.4 Å². The Kier molecular flexibility index (Phi) is 7.29. The third-order valence-corrected chi connectivity index (χ3v) is 6.14. The highest BCUT2D eigenvalue weighted by atomic mass is 32.2. The Morgan fingerprint density at radius 3 is 2.44 bits per heavy atom. The number of hydrogen-bond donors (Lipinski definition) is 2. The van der Waals surface area contributed by atoms with E-state index in [0.29, 0.717) is 43.2 Å². The van der Waals surface area contributed by atoms with Crippen LogP contribution in [-0.4, -0.2) is 60.7 Å². The van der Waals surface area contributed by atoms with E-state index in [1.54, 1.807) is 36.4 Å². The summed E-state index contributed by atoms with van der Waals surface area (Å²) in [7, 11) is 0. The maximum Gasteiger partial charge on any atom is 0.294 e. The van der Waals surface area contributed by atoms with E-state index < -0.39 is 17.1 Å². The fourth-order valence-electron chi connectivity index (χ4n) is 3.65. The van der Waals surface area contributed by atoms with Gasteiger partial charge < -0.3 is 20.3 Å². The zero-order chi connectivity index (χ0) is 24.1. The van der Waals surface area contributed by atoms with E-state index in [9.17, 15) is 19.2 Å². The monoisotopic (exact) mass is 480 g/mol. The van der Waals surface area contributed by atoms with Gasteiger partial charge in [-0.15, -0.1) is 0 Å². The van der Waals surface area contributed by atoms with Gasteiger partial charge in [-0.3, -0.25) is 24.1 Å². The lowest BCUT2D eigenvalue weighted by Gasteiger charge is -2.30. The highest BCUT2D eigenvalue weighted by Crippen LogP contribution is 2.32. The zero-order valence-electron chi connectivity index (χ0n) is 18.6. The number of hydrogen-bond acceptors (Lipinski definition) is 7. The quantitative estimate of drug-likeness (QED) is 0.612. The van der Waals surface area contributed by atoms with Gasteiger partial charge in [-0.25, -0.2) is 0 Å². The minimum absolute atomic E-state index is 0.181. The average Bonchev–Trinajstić information content (AvgIpc) is 3.08. The van der Waals surface area contributed by atoms with Crippen LogP contribution in [0.4, 0.5) is 21.9 Å². The SMILES string of the molecule is CC(=O)Nc1ccc(/C=C2\SC(=O)N(CC(=O)Nc3ccccc3N3CCOCC3)C2=O)cc1. The van der Waals surface area contributed by atoms with Crippen LogP contribution in [0, 0.1) is 0 Å². The van der Waals surface area contributed by atoms with Gasteiger partial charge in [0.25, 0.3) is 11.1 Å². The van der Waals surface area contributed by atoms with Gasteiger partial charge in [-0.05, 0) is 47.7 Å². The summed E-state index contributed by atoms with van der Waals surface area (Å²) in [5, 5.41) is 5.00. The number of rotatable bonds is 6. The molecule has 0 aromatic heterocycles. The first kappa shape index (κ1) is 23.5. The molecule has 34 heavy (non-hydrogen) atoms. The Balaban J connectivity index is 1.41. The number of anilines is 3. The maximum absolute atomic E-state index is 12.8. The minimum atomic E-state index is -0.516. The molecule has 176 valence electrons. The number of carbonyl (C=O) groups excluding carboxylic acids is 4. The number of benzene rings is 2. The number of carbonyl (C=O) groups is 4. The van der Waals surface area contributed by atoms with Crippen molar-refractivity contribution in [2.24, 2.45) is 0 Å². The van der Waals surface area contributed by atoms with E-state index in [2.05, 4.69) is 15.5 Å². The van der Waals surface area contributed by atoms with Crippen LogP contribution in [0.25, 0.3) is 6.08 Å². The molecule has 2 aliphatic rings. The van der Waals surface area contributed by atoms with Crippen molar-refractivity contribution in [1.82, 2.24) is 4.90 Å². The summed E-state index contributed by atoms with van der Waals surface area (Å²) in [6.45, 7) is 3.70. The molecule has 0 spiro atoms. The van der Waals surface area contributed by atoms with Crippen molar-refractivity contribution in [3.63, 3.8) is 0 Å². The third kappa shape index (κ3) is 5.64. The molecular formula is C24H24N4O5S. The lowest BCUT2D eigenvalue weighted by molar-refractivity contribution is -0.127. The molecule has 4 amide bonds. The molecule has 0 aliphatic carbocycles. The van der Waals surface area contributed by atoms with Crippen LogP contribution in [0.3, 0.4) is 0 Å². The second kappa shape index (κ2) is 10.5. The summed E-state index contributed by atoms with van der Waals surface area (Å²) < 4.78 is 5.39. The minimum Gasteiger partial charge on any atom is -0.378 e. The van der Waals surface area contributed by atoms with Crippen molar-refractivity contribution >= 4 is 57.9 Å². The summed E-state index contributed by atoms with van der Waals surface area (Å²) in [6.07, 6.45) is 1.59. The lowest BCUT2D eigenvalue weighted by Crippen LogP contribution is -2.38. The standard InChI is InChI=1S/C24H24N4O5S/c1-16(29)25-18-8-6-17(7-9-18)14-21-23(31)28(24(32)34-21)15-22(30)26-19-4-2-3-5-20(19)27-10-12-33-13-11-27/h2-9,14H,10-13,15H2,1H3,(H,25,29)(H,26,30)/b21-14-. The Morgan fingerprint density at radius 2 is 1.74 bits per heavy atom. The van der Waals surface area contributed by atoms with Gasteiger partial charge in [0.2, 0.25) is 11.8 Å². The maximum atomic E-state index is 12.8. The van der Waals surface area contributed by atoms with Gasteiger partial charge in [-0.1, -0.05) is 24.3 Å². The first-order valence-electron chi connectivity index (χ1n) is 10.8. The van der Waals surface area contributed by atoms with Crippen molar-refractivity contribution in [3.8, 4) is 0 Å². The fraction of sp³-hybridized carbons (Fsp3) is 0.250. The van der Waals surface area contributed by atoms with E-state index >= 15 is 0 Å². The number of ether oxygens (including phenoxy) is 1. The number of morpholine rings is 1. The smallest absolute Gasteiger partial charge is 0.294 e. The van der Waals surface area contributed by atoms with Gasteiger partial charge >= 0.3 is 0 Å². The molecule has 2 aromatic carbocycles. The largest absolute Gasteiger partial charge is 0.378 e. The van der Waals surface area contributed by atoms with E-state index in [4.69, 9.17) is 4.74 Å². The zero-order valence-corrected chi connectivity index (χ0v) is 19.4. The highest BCUT2D eigenvalue weighted by Gasteiger charge is 2.36. The summed E-state index contributed by atoms with van der Waals surface area (Å²) >= 11 is 0.792. The van der Waals surface area contributed by atoms with Crippen LogP contribution in [-0.2, 0) is 19.1 Å². The Morgan fingerprint density at radius 1 is 1.03 bits per heavy atom. The normalized spacial score (nSPS) is 17.3. The fourth-order valence-corrected chi connectivity index (χ4v) is 4.48. The van der Waals surface area contributed by atoms with Crippen LogP contribution in [0.2, 0.25) is 0 Å². The summed E-state index contributed by atoms with van der Waals surface area (Å²) in [5.41, 5.74) is 2.82. The number of para-hydroxylation sites is 2. The van der Waals surface area contributed by atoms with Crippen molar-refractivity contribution in [1.29, 1.82) is 0 Å². The molecule has 10 heteroatoms. The van der Waals surface area contributed by atoms with Gasteiger partial charge in [0.15, 0.2) is 0 Å². The second-order valence-corrected chi connectivity index (χ2v) is 8.73. The van der Waals surface area contributed by atoms with E-state index in [-0.39, 0.29) is 17.4 Å². The van der Waals surface area contributed by atoms with Crippen molar-refractivity contribution in [3.05, 3.63) is 59.0 Å². The molecule has 2 fully saturated rings. The van der Waals surface area contributed by atoms with Crippen LogP contribution in [0.15, 0.2) is 53.4 Å². The summed E-state index contributed by atoms with van der Waals surface area (Å²) in [6, 6.07) is 14.3. The Bertz CT molecular complexity index is 1140. The second-order valence-electron chi connectivity index (χ2n) is 7.74. The van der Waals surface area contributed by atoms with Crippen molar-refractivity contribution < 1.29 is 23.9 Å². The summed E-state index contributed by atoms with van der Waals surface area (Å²) in [5.74, 6) is -1.15. The Hall–Kier alpha value is -3.63. The molecule has 2 saturated heterocycles. The topological polar surface area (TPSA) is 108 Å². The van der Waals surface area contributed by atoms with E-state index in [0.717, 1.165) is 22.3 Å². The molecule has 2 aliphatic heterocycles. The molecule has 0 atom stereocenters. The summed E-state index contributed by atoms with van der Waals surface area (Å²) in [4.78, 5) is 52.4. The number of imide groups is 1. The molecule has 2 aromatic rings. The van der Waals surface area contributed by atoms with Crippen LogP contribution in [0.5, 0.6) is 0 Å². The molecule has 4 rings (SSSR count). The number of nitrogens with zero attached hydrogens (tertiary/aromatic N) is 2. The van der Waals surface area contributed by atoms with E-state index in [1.807, 2.05) is 18.2 Å². The predicted octanol–water partition coefficient (Wildman–Crippen LogP) is 3.16. The molecule has 0 unspecified atom stereocenters. The van der Waals surface area contributed by atoms with E-state index in [1.165, 1.54) is 6.92 Å². The van der Waals surface area contributed by atoms with Gasteiger partial charge in [-0.2, -0.15) is 0 Å². The first-order chi connectivity index (χ1) is 16.4. The van der Waals surface area contributed by atoms with Crippen LogP contribution in [0.1, 0.15) is 12.5 Å². The molecule has 0 radical (unpaired) electrons. The first-order valence-corrected chi connectivity index (χ1v) is 11.6. The number of thioether (sulfide) groups is 1. The highest BCUT2D eigenvalue weighted by molar-refractivity contribution is 8.18. The number of nitrogens with one attached hydrogen (secondary N) is 2. The Labute approximate surface area is 201 Å². The molecule has 2 heterocycles. The van der Waals surface area contributed by atoms with Gasteiger partial charge in [0.05, 0.1) is 29.5 Å². The average molecular weight is 481 g/mol. The predicted molar refractivity (Wildman–Crippen MR) is 132 cm³/mol. The molecular weight excluding hydrogens is 456 g/mol. The van der Waals surface area contributed by atoms with Crippen LogP contribution < -0.4 is 15.5 Å². The molecule has 0 bridgehead atoms. The third-order valence-electron chi connectivity index (χ3n) is 5.23. The lowest BCUT2D eigenvalue weighted by atomic mass is 10.2.